The van der Waals surface area contributed by atoms with Crippen molar-refractivity contribution in [3.8, 4) is 5.75 Å². The van der Waals surface area contributed by atoms with E-state index in [4.69, 9.17) is 14.2 Å². The summed E-state index contributed by atoms with van der Waals surface area (Å²) < 4.78 is 17.3. The fourth-order valence-electron chi connectivity index (χ4n) is 4.52. The second-order valence-electron chi connectivity index (χ2n) is 8.40. The zero-order valence-corrected chi connectivity index (χ0v) is 18.1. The van der Waals surface area contributed by atoms with Gasteiger partial charge in [-0.05, 0) is 60.7 Å². The molecule has 174 valence electrons. The second-order valence-corrected chi connectivity index (χ2v) is 8.40. The Morgan fingerprint density at radius 2 is 1.81 bits per heavy atom. The average Bonchev–Trinajstić information content (AvgIpc) is 3.13. The Balaban J connectivity index is 1.71. The van der Waals surface area contributed by atoms with Crippen molar-refractivity contribution in [3.05, 3.63) is 64.2 Å². The Hall–Kier alpha value is -2.04. The molecule has 32 heavy (non-hydrogen) atoms. The molecule has 5 N–H and O–H groups in total. The Labute approximate surface area is 186 Å². The molecule has 2 heterocycles. The SMILES string of the molecule is CCOc1ccc(Cc2cc3c(cc2CO)CO[C@]32O[C@H]([C@@H](C)O)[C@@H](O)[C@H](O)[C@H]2O)cc1. The van der Waals surface area contributed by atoms with Crippen LogP contribution in [0.4, 0.5) is 0 Å². The third-order valence-corrected chi connectivity index (χ3v) is 6.23. The summed E-state index contributed by atoms with van der Waals surface area (Å²) in [6.07, 6.45) is -6.34. The van der Waals surface area contributed by atoms with Crippen LogP contribution in [0.15, 0.2) is 36.4 Å². The minimum absolute atomic E-state index is 0.0953. The van der Waals surface area contributed by atoms with Gasteiger partial charge in [0.15, 0.2) is 0 Å². The van der Waals surface area contributed by atoms with E-state index >= 15 is 0 Å². The molecule has 2 aromatic carbocycles. The summed E-state index contributed by atoms with van der Waals surface area (Å²) in [5.74, 6) is -0.952. The van der Waals surface area contributed by atoms with Crippen LogP contribution in [0, 0.1) is 0 Å². The van der Waals surface area contributed by atoms with Crippen LogP contribution in [-0.4, -0.2) is 62.7 Å². The minimum Gasteiger partial charge on any atom is -0.494 e. The lowest BCUT2D eigenvalue weighted by Gasteiger charge is -2.47. The number of aliphatic hydroxyl groups excluding tert-OH is 5. The normalized spacial score (nSPS) is 30.3. The molecule has 8 nitrogen and oxygen atoms in total. The summed E-state index contributed by atoms with van der Waals surface area (Å²) in [5, 5.41) is 51.6. The number of aliphatic hydroxyl groups is 5. The lowest BCUT2D eigenvalue weighted by Crippen LogP contribution is -2.64. The highest BCUT2D eigenvalue weighted by atomic mass is 16.7. The topological polar surface area (TPSA) is 129 Å². The van der Waals surface area contributed by atoms with Crippen molar-refractivity contribution in [2.75, 3.05) is 6.61 Å². The van der Waals surface area contributed by atoms with Crippen molar-refractivity contribution in [3.63, 3.8) is 0 Å². The highest BCUT2D eigenvalue weighted by Gasteiger charge is 2.59. The highest BCUT2D eigenvalue weighted by molar-refractivity contribution is 5.45. The molecule has 0 saturated carbocycles. The van der Waals surface area contributed by atoms with Gasteiger partial charge >= 0.3 is 0 Å². The fraction of sp³-hybridized carbons (Fsp3) is 0.500. The van der Waals surface area contributed by atoms with Gasteiger partial charge in [-0.2, -0.15) is 0 Å². The number of hydrogen-bond acceptors (Lipinski definition) is 8. The molecule has 0 aromatic heterocycles. The number of ether oxygens (including phenoxy) is 3. The first-order chi connectivity index (χ1) is 15.3. The quantitative estimate of drug-likeness (QED) is 0.439. The molecule has 1 fully saturated rings. The van der Waals surface area contributed by atoms with Gasteiger partial charge in [-0.15, -0.1) is 0 Å². The molecule has 0 radical (unpaired) electrons. The highest BCUT2D eigenvalue weighted by Crippen LogP contribution is 2.47. The van der Waals surface area contributed by atoms with Crippen molar-refractivity contribution >= 4 is 0 Å². The van der Waals surface area contributed by atoms with E-state index in [0.717, 1.165) is 22.4 Å². The van der Waals surface area contributed by atoms with Crippen LogP contribution in [-0.2, 0) is 34.9 Å². The molecule has 1 saturated heterocycles. The molecule has 0 bridgehead atoms. The van der Waals surface area contributed by atoms with Crippen molar-refractivity contribution in [1.82, 2.24) is 0 Å². The molecule has 1 spiro atoms. The van der Waals surface area contributed by atoms with E-state index in [1.165, 1.54) is 6.92 Å². The molecule has 2 aliphatic rings. The molecule has 4 rings (SSSR count). The molecule has 0 aliphatic carbocycles. The van der Waals surface area contributed by atoms with Crippen molar-refractivity contribution in [2.45, 2.75) is 69.8 Å². The summed E-state index contributed by atoms with van der Waals surface area (Å²) in [7, 11) is 0. The zero-order valence-electron chi connectivity index (χ0n) is 18.1. The predicted molar refractivity (Wildman–Crippen MR) is 114 cm³/mol. The van der Waals surface area contributed by atoms with E-state index in [0.29, 0.717) is 24.2 Å². The predicted octanol–water partition coefficient (Wildman–Crippen LogP) is 0.714. The van der Waals surface area contributed by atoms with Gasteiger partial charge in [0.05, 0.1) is 25.9 Å². The largest absolute Gasteiger partial charge is 0.494 e. The van der Waals surface area contributed by atoms with E-state index in [1.807, 2.05) is 31.2 Å². The van der Waals surface area contributed by atoms with Gasteiger partial charge in [0.25, 0.3) is 0 Å². The molecular weight excluding hydrogens is 416 g/mol. The van der Waals surface area contributed by atoms with Gasteiger partial charge in [-0.1, -0.05) is 18.2 Å². The molecule has 0 unspecified atom stereocenters. The van der Waals surface area contributed by atoms with Gasteiger partial charge in [0, 0.05) is 5.56 Å². The van der Waals surface area contributed by atoms with E-state index in [-0.39, 0.29) is 13.2 Å². The fourth-order valence-corrected chi connectivity index (χ4v) is 4.52. The van der Waals surface area contributed by atoms with Gasteiger partial charge in [-0.25, -0.2) is 0 Å². The van der Waals surface area contributed by atoms with Crippen molar-refractivity contribution < 1.29 is 39.7 Å². The standard InChI is InChI=1S/C24H30O8/c1-3-30-18-6-4-14(5-7-18)8-15-10-19-17(9-16(15)11-25)12-31-24(19)23(29)21(28)20(27)22(32-24)13(2)26/h4-7,9-10,13,20-23,25-29H,3,8,11-12H2,1-2H3/t13-,20+,21+,22-,23-,24+/m1/s1. The first kappa shape index (κ1) is 23.1. The van der Waals surface area contributed by atoms with Gasteiger partial charge in [0.2, 0.25) is 5.79 Å². The zero-order chi connectivity index (χ0) is 23.0. The van der Waals surface area contributed by atoms with Crippen LogP contribution >= 0.6 is 0 Å². The molecule has 2 aromatic rings. The molecule has 8 heteroatoms. The van der Waals surface area contributed by atoms with Gasteiger partial charge in [-0.3, -0.25) is 0 Å². The van der Waals surface area contributed by atoms with Crippen LogP contribution in [0.5, 0.6) is 5.75 Å². The van der Waals surface area contributed by atoms with E-state index < -0.39 is 36.3 Å². The Kier molecular flexibility index (Phi) is 6.56. The first-order valence-electron chi connectivity index (χ1n) is 10.8. The lowest BCUT2D eigenvalue weighted by atomic mass is 9.84. The maximum absolute atomic E-state index is 10.8. The van der Waals surface area contributed by atoms with Crippen LogP contribution in [0.2, 0.25) is 0 Å². The Bertz CT molecular complexity index is 944. The van der Waals surface area contributed by atoms with E-state index in [9.17, 15) is 25.5 Å². The summed E-state index contributed by atoms with van der Waals surface area (Å²) in [6, 6.07) is 11.3. The molecule has 0 amide bonds. The smallest absolute Gasteiger partial charge is 0.225 e. The monoisotopic (exact) mass is 446 g/mol. The van der Waals surface area contributed by atoms with Gasteiger partial charge < -0.3 is 39.7 Å². The molecular formula is C24H30O8. The van der Waals surface area contributed by atoms with E-state index in [1.54, 1.807) is 12.1 Å². The number of hydrogen-bond donors (Lipinski definition) is 5. The minimum atomic E-state index is -1.73. The maximum atomic E-state index is 10.8. The maximum Gasteiger partial charge on any atom is 0.225 e. The average molecular weight is 446 g/mol. The third-order valence-electron chi connectivity index (χ3n) is 6.23. The van der Waals surface area contributed by atoms with E-state index in [2.05, 4.69) is 0 Å². The van der Waals surface area contributed by atoms with Crippen molar-refractivity contribution in [1.29, 1.82) is 0 Å². The first-order valence-corrected chi connectivity index (χ1v) is 10.8. The molecule has 6 atom stereocenters. The van der Waals surface area contributed by atoms with Crippen LogP contribution < -0.4 is 4.74 Å². The number of rotatable bonds is 6. The summed E-state index contributed by atoms with van der Waals surface area (Å²) in [6.45, 7) is 3.86. The van der Waals surface area contributed by atoms with Crippen LogP contribution in [0.1, 0.15) is 41.7 Å². The number of benzene rings is 2. The Morgan fingerprint density at radius 3 is 2.44 bits per heavy atom. The van der Waals surface area contributed by atoms with Crippen LogP contribution in [0.25, 0.3) is 0 Å². The van der Waals surface area contributed by atoms with Gasteiger partial charge in [0.1, 0.15) is 30.2 Å². The third kappa shape index (κ3) is 3.92. The summed E-state index contributed by atoms with van der Waals surface area (Å²) in [4.78, 5) is 0. The Morgan fingerprint density at radius 1 is 1.09 bits per heavy atom. The lowest BCUT2D eigenvalue weighted by molar-refractivity contribution is -0.374. The second kappa shape index (κ2) is 9.07. The molecule has 2 aliphatic heterocycles. The summed E-state index contributed by atoms with van der Waals surface area (Å²) >= 11 is 0. The summed E-state index contributed by atoms with van der Waals surface area (Å²) in [5.41, 5.74) is 3.75. The number of fused-ring (bicyclic) bond motifs is 2. The van der Waals surface area contributed by atoms with Crippen LogP contribution in [0.3, 0.4) is 0 Å². The van der Waals surface area contributed by atoms with Crippen molar-refractivity contribution in [2.24, 2.45) is 0 Å².